The predicted octanol–water partition coefficient (Wildman–Crippen LogP) is 4.50. The van der Waals surface area contributed by atoms with E-state index < -0.39 is 11.2 Å². The highest BCUT2D eigenvalue weighted by Gasteiger charge is 2.34. The fraction of sp³-hybridized carbons (Fsp3) is 0.409. The number of nitrogens with zero attached hydrogens (tertiary/aromatic N) is 1. The number of aromatic nitrogens is 1. The summed E-state index contributed by atoms with van der Waals surface area (Å²) in [4.78, 5) is 29.3. The van der Waals surface area contributed by atoms with Gasteiger partial charge < -0.3 is 10.6 Å². The molecule has 2 amide bonds. The minimum absolute atomic E-state index is 0.112. The first-order valence-electron chi connectivity index (χ1n) is 9.47. The van der Waals surface area contributed by atoms with Crippen LogP contribution in [0, 0.1) is 24.1 Å². The number of rotatable bonds is 4. The van der Waals surface area contributed by atoms with Crippen molar-refractivity contribution in [2.75, 3.05) is 10.6 Å². The van der Waals surface area contributed by atoms with Gasteiger partial charge >= 0.3 is 0 Å². The van der Waals surface area contributed by atoms with Gasteiger partial charge in [-0.3, -0.25) is 14.6 Å². The summed E-state index contributed by atoms with van der Waals surface area (Å²) >= 11 is 0. The van der Waals surface area contributed by atoms with Gasteiger partial charge in [-0.15, -0.1) is 0 Å². The third kappa shape index (κ3) is 4.06. The quantitative estimate of drug-likeness (QED) is 0.817. The molecule has 2 aromatic rings. The Labute approximate surface area is 164 Å². The van der Waals surface area contributed by atoms with Crippen LogP contribution in [0.25, 0.3) is 0 Å². The van der Waals surface area contributed by atoms with Crippen LogP contribution in [-0.2, 0) is 17.6 Å². The van der Waals surface area contributed by atoms with Crippen LogP contribution in [-0.4, -0.2) is 16.8 Å². The third-order valence-corrected chi connectivity index (χ3v) is 4.93. The van der Waals surface area contributed by atoms with Crippen molar-refractivity contribution in [1.29, 1.82) is 0 Å². The van der Waals surface area contributed by atoms with Crippen LogP contribution in [0.5, 0.6) is 0 Å². The van der Waals surface area contributed by atoms with Crippen molar-refractivity contribution in [3.8, 4) is 0 Å². The molecule has 0 aliphatic carbocycles. The fourth-order valence-corrected chi connectivity index (χ4v) is 3.42. The van der Waals surface area contributed by atoms with Gasteiger partial charge in [0.2, 0.25) is 5.91 Å². The number of carbonyl (C=O) groups excluding carboxylic acids is 2. The normalized spacial score (nSPS) is 15.2. The molecule has 5 nitrogen and oxygen atoms in total. The highest BCUT2D eigenvalue weighted by Crippen LogP contribution is 2.36. The average Bonchev–Trinajstić information content (AvgIpc) is 2.58. The molecule has 1 aliphatic heterocycles. The standard InChI is InChI=1S/C22H26FN3O2/c1-12(2)6-15-11-24-13(3)7-16(15)20(27)25-19-8-14-10-22(4,5)21(28)26-18(14)9-17(19)23/h7-9,11-12H,6,10H2,1-5H3,(H,25,27)(H,26,28). The van der Waals surface area contributed by atoms with Crippen molar-refractivity contribution >= 4 is 23.2 Å². The van der Waals surface area contributed by atoms with Crippen LogP contribution in [0.2, 0.25) is 0 Å². The van der Waals surface area contributed by atoms with Crippen molar-refractivity contribution in [2.45, 2.75) is 47.5 Å². The molecule has 0 saturated heterocycles. The lowest BCUT2D eigenvalue weighted by Crippen LogP contribution is -2.37. The highest BCUT2D eigenvalue weighted by molar-refractivity contribution is 6.06. The summed E-state index contributed by atoms with van der Waals surface area (Å²) in [5.74, 6) is -0.716. The average molecular weight is 383 g/mol. The predicted molar refractivity (Wildman–Crippen MR) is 108 cm³/mol. The van der Waals surface area contributed by atoms with Crippen LogP contribution in [0.3, 0.4) is 0 Å². The largest absolute Gasteiger partial charge is 0.325 e. The number of anilines is 2. The van der Waals surface area contributed by atoms with Crippen molar-refractivity contribution in [3.05, 3.63) is 52.6 Å². The number of carbonyl (C=O) groups is 2. The molecule has 1 aromatic carbocycles. The molecule has 2 heterocycles. The molecule has 0 unspecified atom stereocenters. The number of hydrogen-bond donors (Lipinski definition) is 2. The fourth-order valence-electron chi connectivity index (χ4n) is 3.42. The van der Waals surface area contributed by atoms with Gasteiger partial charge in [-0.2, -0.15) is 0 Å². The molecule has 28 heavy (non-hydrogen) atoms. The van der Waals surface area contributed by atoms with Gasteiger partial charge in [0.05, 0.1) is 5.69 Å². The maximum Gasteiger partial charge on any atom is 0.256 e. The van der Waals surface area contributed by atoms with Crippen LogP contribution in [0.1, 0.15) is 54.9 Å². The van der Waals surface area contributed by atoms with E-state index in [9.17, 15) is 14.0 Å². The van der Waals surface area contributed by atoms with Crippen molar-refractivity contribution in [2.24, 2.45) is 11.3 Å². The number of fused-ring (bicyclic) bond motifs is 1. The molecular weight excluding hydrogens is 357 g/mol. The number of pyridine rings is 1. The summed E-state index contributed by atoms with van der Waals surface area (Å²) in [6, 6.07) is 4.61. The van der Waals surface area contributed by atoms with E-state index in [-0.39, 0.29) is 17.5 Å². The van der Waals surface area contributed by atoms with Crippen LogP contribution in [0.15, 0.2) is 24.4 Å². The Bertz CT molecular complexity index is 951. The second-order valence-electron chi connectivity index (χ2n) is 8.54. The SMILES string of the molecule is Cc1cc(C(=O)Nc2cc3c(cc2F)NC(=O)C(C)(C)C3)c(CC(C)C)cn1. The lowest BCUT2D eigenvalue weighted by Gasteiger charge is -2.30. The lowest BCUT2D eigenvalue weighted by atomic mass is 9.81. The molecule has 0 saturated carbocycles. The van der Waals surface area contributed by atoms with E-state index in [0.717, 1.165) is 16.8 Å². The van der Waals surface area contributed by atoms with E-state index in [0.29, 0.717) is 30.0 Å². The molecule has 6 heteroatoms. The van der Waals surface area contributed by atoms with Gasteiger partial charge in [0.15, 0.2) is 0 Å². The number of benzene rings is 1. The van der Waals surface area contributed by atoms with E-state index in [1.807, 2.05) is 20.8 Å². The Morgan fingerprint density at radius 3 is 2.71 bits per heavy atom. The van der Waals surface area contributed by atoms with Crippen molar-refractivity contribution in [1.82, 2.24) is 4.98 Å². The van der Waals surface area contributed by atoms with E-state index in [4.69, 9.17) is 0 Å². The number of halogens is 1. The molecule has 1 aromatic heterocycles. The molecule has 0 fully saturated rings. The summed E-state index contributed by atoms with van der Waals surface area (Å²) in [7, 11) is 0. The molecule has 0 atom stereocenters. The van der Waals surface area contributed by atoms with Gasteiger partial charge in [0, 0.05) is 28.6 Å². The minimum atomic E-state index is -0.585. The Morgan fingerprint density at radius 2 is 2.04 bits per heavy atom. The molecule has 148 valence electrons. The van der Waals surface area contributed by atoms with Gasteiger partial charge in [-0.1, -0.05) is 27.7 Å². The van der Waals surface area contributed by atoms with Crippen LogP contribution < -0.4 is 10.6 Å². The zero-order chi connectivity index (χ0) is 20.6. The minimum Gasteiger partial charge on any atom is -0.325 e. The molecule has 1 aliphatic rings. The summed E-state index contributed by atoms with van der Waals surface area (Å²) in [6.45, 7) is 9.64. The summed E-state index contributed by atoms with van der Waals surface area (Å²) in [6.07, 6.45) is 2.90. The first-order chi connectivity index (χ1) is 13.1. The second-order valence-corrected chi connectivity index (χ2v) is 8.54. The molecular formula is C22H26FN3O2. The van der Waals surface area contributed by atoms with E-state index in [1.54, 1.807) is 18.3 Å². The number of aryl methyl sites for hydroxylation is 1. The molecule has 3 rings (SSSR count). The molecule has 0 bridgehead atoms. The van der Waals surface area contributed by atoms with Crippen molar-refractivity contribution < 1.29 is 14.0 Å². The van der Waals surface area contributed by atoms with Crippen LogP contribution >= 0.6 is 0 Å². The van der Waals surface area contributed by atoms with Gasteiger partial charge in [-0.25, -0.2) is 4.39 Å². The maximum absolute atomic E-state index is 14.6. The summed E-state index contributed by atoms with van der Waals surface area (Å²) < 4.78 is 14.6. The molecule has 0 radical (unpaired) electrons. The summed E-state index contributed by atoms with van der Waals surface area (Å²) in [5, 5.41) is 5.44. The van der Waals surface area contributed by atoms with E-state index in [2.05, 4.69) is 29.5 Å². The number of amides is 2. The van der Waals surface area contributed by atoms with Gasteiger partial charge in [0.1, 0.15) is 5.82 Å². The smallest absolute Gasteiger partial charge is 0.256 e. The number of nitrogens with one attached hydrogen (secondary N) is 2. The van der Waals surface area contributed by atoms with Gasteiger partial charge in [0.25, 0.3) is 5.91 Å². The maximum atomic E-state index is 14.6. The monoisotopic (exact) mass is 383 g/mol. The summed E-state index contributed by atoms with van der Waals surface area (Å²) in [5.41, 5.74) is 2.86. The first kappa shape index (κ1) is 20.0. The second kappa shape index (κ2) is 7.34. The third-order valence-electron chi connectivity index (χ3n) is 4.93. The molecule has 0 spiro atoms. The Balaban J connectivity index is 1.92. The zero-order valence-corrected chi connectivity index (χ0v) is 16.9. The van der Waals surface area contributed by atoms with Gasteiger partial charge in [-0.05, 0) is 55.0 Å². The highest BCUT2D eigenvalue weighted by atomic mass is 19.1. The topological polar surface area (TPSA) is 71.1 Å². The Morgan fingerprint density at radius 1 is 1.32 bits per heavy atom. The Kier molecular flexibility index (Phi) is 5.24. The van der Waals surface area contributed by atoms with E-state index in [1.165, 1.54) is 6.07 Å². The number of hydrogen-bond acceptors (Lipinski definition) is 3. The first-order valence-corrected chi connectivity index (χ1v) is 9.47. The Hall–Kier alpha value is -2.76. The zero-order valence-electron chi connectivity index (χ0n) is 16.9. The van der Waals surface area contributed by atoms with Crippen molar-refractivity contribution in [3.63, 3.8) is 0 Å². The molecule has 2 N–H and O–H groups in total. The van der Waals surface area contributed by atoms with Crippen LogP contribution in [0.4, 0.5) is 15.8 Å². The van der Waals surface area contributed by atoms with E-state index >= 15 is 0 Å². The lowest BCUT2D eigenvalue weighted by molar-refractivity contribution is -0.124.